The quantitative estimate of drug-likeness (QED) is 0.443. The number of nitrogens with two attached hydrogens (primary N) is 1. The van der Waals surface area contributed by atoms with Crippen LogP contribution in [0.4, 0.5) is 0 Å². The second kappa shape index (κ2) is 1.86. The van der Waals surface area contributed by atoms with Crippen LogP contribution in [0.15, 0.2) is 11.4 Å². The Kier molecular flexibility index (Phi) is 1.20. The maximum atomic E-state index is 10.0. The van der Waals surface area contributed by atoms with Gasteiger partial charge in [0.25, 0.3) is 0 Å². The van der Waals surface area contributed by atoms with Crippen LogP contribution in [0.25, 0.3) is 0 Å². The molecule has 0 bridgehead atoms. The highest BCUT2D eigenvalue weighted by Crippen LogP contribution is 2.04. The molecule has 1 aliphatic heterocycles. The van der Waals surface area contributed by atoms with Crippen LogP contribution in [0, 0.1) is 0 Å². The summed E-state index contributed by atoms with van der Waals surface area (Å²) in [6.45, 7) is 0.805. The number of carbonyl (C=O) groups is 1. The van der Waals surface area contributed by atoms with E-state index in [2.05, 4.69) is 5.32 Å². The molecule has 0 amide bonds. The summed E-state index contributed by atoms with van der Waals surface area (Å²) >= 11 is 0. The number of rotatable bonds is 1. The normalized spacial score (nSPS) is 18.5. The monoisotopic (exact) mass is 112 g/mol. The van der Waals surface area contributed by atoms with E-state index in [-0.39, 0.29) is 0 Å². The van der Waals surface area contributed by atoms with E-state index >= 15 is 0 Å². The van der Waals surface area contributed by atoms with E-state index in [1.54, 1.807) is 0 Å². The van der Waals surface area contributed by atoms with Gasteiger partial charge in [0, 0.05) is 12.1 Å². The van der Waals surface area contributed by atoms with Gasteiger partial charge in [0.05, 0.1) is 0 Å². The molecule has 3 nitrogen and oxygen atoms in total. The molecule has 0 saturated carbocycles. The second-order valence-electron chi connectivity index (χ2n) is 1.73. The molecule has 3 heteroatoms. The molecular weight excluding hydrogens is 104 g/mol. The molecule has 1 aliphatic rings. The van der Waals surface area contributed by atoms with Crippen molar-refractivity contribution in [3.63, 3.8) is 0 Å². The molecule has 0 aliphatic carbocycles. The Labute approximate surface area is 47.6 Å². The summed E-state index contributed by atoms with van der Waals surface area (Å²) < 4.78 is 0. The Balaban J connectivity index is 2.72. The molecule has 0 saturated heterocycles. The van der Waals surface area contributed by atoms with E-state index in [1.807, 2.05) is 0 Å². The summed E-state index contributed by atoms with van der Waals surface area (Å²) in [4.78, 5) is 10.0. The van der Waals surface area contributed by atoms with Crippen molar-refractivity contribution in [3.05, 3.63) is 11.4 Å². The van der Waals surface area contributed by atoms with E-state index in [1.165, 1.54) is 0 Å². The number of carbonyl (C=O) groups excluding carboxylic acids is 1. The van der Waals surface area contributed by atoms with Gasteiger partial charge in [-0.15, -0.1) is 0 Å². The minimum atomic E-state index is 0.542. The third kappa shape index (κ3) is 0.665. The van der Waals surface area contributed by atoms with Crippen LogP contribution in [-0.2, 0) is 4.79 Å². The first-order valence-electron chi connectivity index (χ1n) is 2.52. The fraction of sp³-hybridized carbons (Fsp3) is 0.400. The Morgan fingerprint density at radius 1 is 1.75 bits per heavy atom. The Hall–Kier alpha value is -0.990. The van der Waals surface area contributed by atoms with E-state index in [0.29, 0.717) is 11.4 Å². The summed E-state index contributed by atoms with van der Waals surface area (Å²) in [6, 6.07) is 0. The minimum Gasteiger partial charge on any atom is -0.385 e. The van der Waals surface area contributed by atoms with Crippen LogP contribution < -0.4 is 11.1 Å². The number of hydrogen-bond acceptors (Lipinski definition) is 3. The maximum Gasteiger partial charge on any atom is 0.149 e. The lowest BCUT2D eigenvalue weighted by molar-refractivity contribution is -0.105. The molecule has 0 aromatic heterocycles. The summed E-state index contributed by atoms with van der Waals surface area (Å²) in [6.07, 6.45) is 1.57. The van der Waals surface area contributed by atoms with Crippen LogP contribution in [0.2, 0.25) is 0 Å². The smallest absolute Gasteiger partial charge is 0.149 e. The largest absolute Gasteiger partial charge is 0.385 e. The first-order chi connectivity index (χ1) is 3.84. The van der Waals surface area contributed by atoms with E-state index in [9.17, 15) is 4.79 Å². The molecular formula is C5H8N2O. The SMILES string of the molecule is NC1=C(C=O)CCN1. The lowest BCUT2D eigenvalue weighted by atomic mass is 10.2. The van der Waals surface area contributed by atoms with Crippen LogP contribution >= 0.6 is 0 Å². The summed E-state index contributed by atoms with van der Waals surface area (Å²) in [5.74, 6) is 0.542. The van der Waals surface area contributed by atoms with Crippen molar-refractivity contribution < 1.29 is 4.79 Å². The number of nitrogens with one attached hydrogen (secondary N) is 1. The lowest BCUT2D eigenvalue weighted by Crippen LogP contribution is -2.14. The molecule has 8 heavy (non-hydrogen) atoms. The highest BCUT2D eigenvalue weighted by atomic mass is 16.1. The predicted octanol–water partition coefficient (Wildman–Crippen LogP) is -0.651. The first kappa shape index (κ1) is 5.15. The van der Waals surface area contributed by atoms with Crippen LogP contribution in [-0.4, -0.2) is 12.8 Å². The van der Waals surface area contributed by atoms with Crippen LogP contribution in [0.5, 0.6) is 0 Å². The lowest BCUT2D eigenvalue weighted by Gasteiger charge is -1.90. The molecule has 0 spiro atoms. The van der Waals surface area contributed by atoms with Gasteiger partial charge in [-0.3, -0.25) is 4.79 Å². The molecule has 0 atom stereocenters. The standard InChI is InChI=1S/C5H8N2O/c6-5-4(3-8)1-2-7-5/h3,7H,1-2,6H2. The summed E-state index contributed by atoms with van der Waals surface area (Å²) in [5, 5.41) is 2.85. The molecule has 0 unspecified atom stereocenters. The highest BCUT2D eigenvalue weighted by Gasteiger charge is 2.07. The Bertz CT molecular complexity index is 139. The topological polar surface area (TPSA) is 55.1 Å². The number of hydrogen-bond donors (Lipinski definition) is 2. The van der Waals surface area contributed by atoms with Crippen molar-refractivity contribution >= 4 is 6.29 Å². The third-order valence-electron chi connectivity index (χ3n) is 1.20. The van der Waals surface area contributed by atoms with Gasteiger partial charge in [0.1, 0.15) is 12.1 Å². The number of aldehydes is 1. The molecule has 0 aromatic carbocycles. The van der Waals surface area contributed by atoms with Crippen molar-refractivity contribution in [1.29, 1.82) is 0 Å². The van der Waals surface area contributed by atoms with Crippen molar-refractivity contribution in [2.45, 2.75) is 6.42 Å². The Morgan fingerprint density at radius 3 is 2.75 bits per heavy atom. The highest BCUT2D eigenvalue weighted by molar-refractivity contribution is 5.74. The van der Waals surface area contributed by atoms with Crippen molar-refractivity contribution in [2.24, 2.45) is 5.73 Å². The fourth-order valence-electron chi connectivity index (χ4n) is 0.702. The molecule has 44 valence electrons. The summed E-state index contributed by atoms with van der Waals surface area (Å²) in [5.41, 5.74) is 6.03. The van der Waals surface area contributed by atoms with Gasteiger partial charge in [0.2, 0.25) is 0 Å². The van der Waals surface area contributed by atoms with Crippen molar-refractivity contribution in [3.8, 4) is 0 Å². The van der Waals surface area contributed by atoms with Gasteiger partial charge in [-0.2, -0.15) is 0 Å². The third-order valence-corrected chi connectivity index (χ3v) is 1.20. The minimum absolute atomic E-state index is 0.542. The van der Waals surface area contributed by atoms with E-state index in [0.717, 1.165) is 19.3 Å². The Morgan fingerprint density at radius 2 is 2.50 bits per heavy atom. The zero-order valence-corrected chi connectivity index (χ0v) is 4.48. The zero-order valence-electron chi connectivity index (χ0n) is 4.48. The van der Waals surface area contributed by atoms with Crippen molar-refractivity contribution in [2.75, 3.05) is 6.54 Å². The van der Waals surface area contributed by atoms with Gasteiger partial charge in [-0.25, -0.2) is 0 Å². The molecule has 1 rings (SSSR count). The molecule has 1 heterocycles. The van der Waals surface area contributed by atoms with Crippen LogP contribution in [0.1, 0.15) is 6.42 Å². The van der Waals surface area contributed by atoms with Gasteiger partial charge in [-0.05, 0) is 6.42 Å². The second-order valence-corrected chi connectivity index (χ2v) is 1.73. The first-order valence-corrected chi connectivity index (χ1v) is 2.52. The fourth-order valence-corrected chi connectivity index (χ4v) is 0.702. The van der Waals surface area contributed by atoms with Gasteiger partial charge in [-0.1, -0.05) is 0 Å². The van der Waals surface area contributed by atoms with E-state index < -0.39 is 0 Å². The average molecular weight is 112 g/mol. The maximum absolute atomic E-state index is 10.0. The van der Waals surface area contributed by atoms with Crippen molar-refractivity contribution in [1.82, 2.24) is 5.32 Å². The van der Waals surface area contributed by atoms with Gasteiger partial charge >= 0.3 is 0 Å². The van der Waals surface area contributed by atoms with Crippen LogP contribution in [0.3, 0.4) is 0 Å². The average Bonchev–Trinajstić information content (AvgIpc) is 2.14. The van der Waals surface area contributed by atoms with Gasteiger partial charge in [0.15, 0.2) is 0 Å². The molecule has 0 radical (unpaired) electrons. The molecule has 3 N–H and O–H groups in total. The molecule has 0 aromatic rings. The zero-order chi connectivity index (χ0) is 5.98. The van der Waals surface area contributed by atoms with Gasteiger partial charge < -0.3 is 11.1 Å². The van der Waals surface area contributed by atoms with E-state index in [4.69, 9.17) is 5.73 Å². The molecule has 0 fully saturated rings. The predicted molar refractivity (Wildman–Crippen MR) is 29.9 cm³/mol. The summed E-state index contributed by atoms with van der Waals surface area (Å²) in [7, 11) is 0.